The van der Waals surface area contributed by atoms with E-state index in [-0.39, 0.29) is 0 Å². The average molecular weight is 276 g/mol. The lowest BCUT2D eigenvalue weighted by Gasteiger charge is -2.11. The van der Waals surface area contributed by atoms with Crippen LogP contribution in [-0.4, -0.2) is 7.11 Å². The molecule has 1 N–H and O–H groups in total. The molecular weight excluding hydrogens is 258 g/mol. The van der Waals surface area contributed by atoms with Gasteiger partial charge in [0.15, 0.2) is 0 Å². The number of aryl methyl sites for hydroxylation is 1. The number of halogens is 1. The highest BCUT2D eigenvalue weighted by Gasteiger charge is 2.03. The Bertz CT molecular complexity index is 554. The number of ether oxygens (including phenoxy) is 1. The summed E-state index contributed by atoms with van der Waals surface area (Å²) in [5.41, 5.74) is 3.50. The summed E-state index contributed by atoms with van der Waals surface area (Å²) in [7, 11) is 1.70. The molecule has 0 aliphatic heterocycles. The summed E-state index contributed by atoms with van der Waals surface area (Å²) in [4.78, 5) is 0. The van der Waals surface area contributed by atoms with Crippen LogP contribution in [0.25, 0.3) is 0 Å². The Balaban J connectivity index is 2.00. The van der Waals surface area contributed by atoms with Crippen molar-refractivity contribution in [2.24, 2.45) is 0 Å². The van der Waals surface area contributed by atoms with Gasteiger partial charge in [-0.25, -0.2) is 0 Å². The molecule has 3 heteroatoms. The molecule has 0 saturated heterocycles. The zero-order valence-electron chi connectivity index (χ0n) is 11.2. The van der Waals surface area contributed by atoms with E-state index in [2.05, 4.69) is 24.4 Å². The summed E-state index contributed by atoms with van der Waals surface area (Å²) in [5.74, 6) is 0.914. The lowest BCUT2D eigenvalue weighted by Crippen LogP contribution is -2.13. The van der Waals surface area contributed by atoms with E-state index in [1.165, 1.54) is 5.56 Å². The molecule has 0 heterocycles. The third-order valence-electron chi connectivity index (χ3n) is 3.02. The fraction of sp³-hybridized carbons (Fsp3) is 0.250. The second-order valence-electron chi connectivity index (χ2n) is 4.51. The molecule has 2 aromatic rings. The fourth-order valence-corrected chi connectivity index (χ4v) is 2.22. The molecule has 0 bridgehead atoms. The van der Waals surface area contributed by atoms with Crippen molar-refractivity contribution in [3.63, 3.8) is 0 Å². The summed E-state index contributed by atoms with van der Waals surface area (Å²) in [6, 6.07) is 14.1. The number of methoxy groups -OCH3 is 1. The first kappa shape index (κ1) is 13.9. The molecule has 0 amide bonds. The lowest BCUT2D eigenvalue weighted by atomic mass is 10.1. The predicted molar refractivity (Wildman–Crippen MR) is 79.7 cm³/mol. The van der Waals surface area contributed by atoms with E-state index in [9.17, 15) is 0 Å². The molecule has 2 rings (SSSR count). The van der Waals surface area contributed by atoms with Crippen molar-refractivity contribution in [3.05, 3.63) is 64.2 Å². The molecule has 0 unspecified atom stereocenters. The topological polar surface area (TPSA) is 21.3 Å². The number of hydrogen-bond acceptors (Lipinski definition) is 2. The minimum Gasteiger partial charge on any atom is -0.496 e. The van der Waals surface area contributed by atoms with Crippen LogP contribution in [0.15, 0.2) is 42.5 Å². The first-order chi connectivity index (χ1) is 9.20. The van der Waals surface area contributed by atoms with E-state index in [1.54, 1.807) is 7.11 Å². The average Bonchev–Trinajstić information content (AvgIpc) is 2.41. The van der Waals surface area contributed by atoms with Gasteiger partial charge in [0.05, 0.1) is 7.11 Å². The highest BCUT2D eigenvalue weighted by molar-refractivity contribution is 6.31. The number of hydrogen-bond donors (Lipinski definition) is 1. The summed E-state index contributed by atoms with van der Waals surface area (Å²) in [5, 5.41) is 4.19. The van der Waals surface area contributed by atoms with Crippen molar-refractivity contribution in [3.8, 4) is 5.75 Å². The van der Waals surface area contributed by atoms with Gasteiger partial charge in [-0.2, -0.15) is 0 Å². The summed E-state index contributed by atoms with van der Waals surface area (Å²) < 4.78 is 5.36. The molecular formula is C16H18ClNO. The number of rotatable bonds is 5. The van der Waals surface area contributed by atoms with Gasteiger partial charge in [-0.3, -0.25) is 0 Å². The second kappa shape index (κ2) is 6.60. The van der Waals surface area contributed by atoms with E-state index in [0.717, 1.165) is 35.0 Å². The minimum absolute atomic E-state index is 0.747. The molecule has 0 fully saturated rings. The van der Waals surface area contributed by atoms with Crippen molar-refractivity contribution in [1.82, 2.24) is 5.32 Å². The Hall–Kier alpha value is -1.51. The predicted octanol–water partition coefficient (Wildman–Crippen LogP) is 3.95. The highest BCUT2D eigenvalue weighted by Crippen LogP contribution is 2.20. The van der Waals surface area contributed by atoms with Crippen LogP contribution in [0.4, 0.5) is 0 Å². The quantitative estimate of drug-likeness (QED) is 0.892. The zero-order valence-corrected chi connectivity index (χ0v) is 12.0. The van der Waals surface area contributed by atoms with E-state index in [0.29, 0.717) is 0 Å². The standard InChI is InChI=1S/C16H18ClNO/c1-12-7-8-16(19-2)14(9-12)11-18-10-13-5-3-4-6-15(13)17/h3-9,18H,10-11H2,1-2H3. The molecule has 0 aliphatic carbocycles. The molecule has 19 heavy (non-hydrogen) atoms. The van der Waals surface area contributed by atoms with Gasteiger partial charge >= 0.3 is 0 Å². The smallest absolute Gasteiger partial charge is 0.123 e. The number of benzene rings is 2. The minimum atomic E-state index is 0.747. The van der Waals surface area contributed by atoms with E-state index in [4.69, 9.17) is 16.3 Å². The van der Waals surface area contributed by atoms with Crippen LogP contribution in [0.3, 0.4) is 0 Å². The third-order valence-corrected chi connectivity index (χ3v) is 3.39. The molecule has 0 spiro atoms. The van der Waals surface area contributed by atoms with Gasteiger partial charge in [-0.15, -0.1) is 0 Å². The molecule has 0 saturated carbocycles. The van der Waals surface area contributed by atoms with Gasteiger partial charge in [-0.1, -0.05) is 47.5 Å². The normalized spacial score (nSPS) is 10.5. The monoisotopic (exact) mass is 275 g/mol. The van der Waals surface area contributed by atoms with Crippen LogP contribution in [0.2, 0.25) is 5.02 Å². The SMILES string of the molecule is COc1ccc(C)cc1CNCc1ccccc1Cl. The molecule has 0 radical (unpaired) electrons. The maximum atomic E-state index is 6.13. The summed E-state index contributed by atoms with van der Waals surface area (Å²) in [6.07, 6.45) is 0. The van der Waals surface area contributed by atoms with Crippen LogP contribution in [0.5, 0.6) is 5.75 Å². The van der Waals surface area contributed by atoms with Crippen molar-refractivity contribution >= 4 is 11.6 Å². The van der Waals surface area contributed by atoms with E-state index in [1.807, 2.05) is 30.3 Å². The van der Waals surface area contributed by atoms with Crippen LogP contribution < -0.4 is 10.1 Å². The Morgan fingerprint density at radius 2 is 1.79 bits per heavy atom. The van der Waals surface area contributed by atoms with Crippen molar-refractivity contribution in [2.45, 2.75) is 20.0 Å². The molecule has 2 nitrogen and oxygen atoms in total. The van der Waals surface area contributed by atoms with Gasteiger partial charge in [0.2, 0.25) is 0 Å². The van der Waals surface area contributed by atoms with Gasteiger partial charge in [-0.05, 0) is 24.6 Å². The van der Waals surface area contributed by atoms with Crippen molar-refractivity contribution in [2.75, 3.05) is 7.11 Å². The van der Waals surface area contributed by atoms with E-state index >= 15 is 0 Å². The molecule has 0 atom stereocenters. The number of nitrogens with one attached hydrogen (secondary N) is 1. The summed E-state index contributed by atoms with van der Waals surface area (Å²) in [6.45, 7) is 3.59. The van der Waals surface area contributed by atoms with Gasteiger partial charge in [0.1, 0.15) is 5.75 Å². The Kier molecular flexibility index (Phi) is 4.83. The Morgan fingerprint density at radius 3 is 2.53 bits per heavy atom. The van der Waals surface area contributed by atoms with Gasteiger partial charge in [0.25, 0.3) is 0 Å². The summed E-state index contributed by atoms with van der Waals surface area (Å²) >= 11 is 6.13. The second-order valence-corrected chi connectivity index (χ2v) is 4.92. The van der Waals surface area contributed by atoms with Crippen LogP contribution >= 0.6 is 11.6 Å². The fourth-order valence-electron chi connectivity index (χ4n) is 2.02. The van der Waals surface area contributed by atoms with Gasteiger partial charge < -0.3 is 10.1 Å². The molecule has 0 aliphatic rings. The highest BCUT2D eigenvalue weighted by atomic mass is 35.5. The Morgan fingerprint density at radius 1 is 1.05 bits per heavy atom. The molecule has 0 aromatic heterocycles. The molecule has 2 aromatic carbocycles. The zero-order chi connectivity index (χ0) is 13.7. The lowest BCUT2D eigenvalue weighted by molar-refractivity contribution is 0.407. The molecule has 100 valence electrons. The maximum Gasteiger partial charge on any atom is 0.123 e. The Labute approximate surface area is 119 Å². The largest absolute Gasteiger partial charge is 0.496 e. The van der Waals surface area contributed by atoms with Crippen molar-refractivity contribution in [1.29, 1.82) is 0 Å². The van der Waals surface area contributed by atoms with Crippen LogP contribution in [0, 0.1) is 6.92 Å². The first-order valence-corrected chi connectivity index (χ1v) is 6.66. The van der Waals surface area contributed by atoms with Crippen molar-refractivity contribution < 1.29 is 4.74 Å². The first-order valence-electron chi connectivity index (χ1n) is 6.28. The van der Waals surface area contributed by atoms with Crippen LogP contribution in [0.1, 0.15) is 16.7 Å². The van der Waals surface area contributed by atoms with Gasteiger partial charge in [0, 0.05) is 23.7 Å². The maximum absolute atomic E-state index is 6.13. The third kappa shape index (κ3) is 3.72. The van der Waals surface area contributed by atoms with Crippen LogP contribution in [-0.2, 0) is 13.1 Å². The van der Waals surface area contributed by atoms with E-state index < -0.39 is 0 Å².